The van der Waals surface area contributed by atoms with E-state index in [4.69, 9.17) is 11.6 Å². The summed E-state index contributed by atoms with van der Waals surface area (Å²) in [6.07, 6.45) is -4.57. The van der Waals surface area contributed by atoms with Crippen LogP contribution in [0.4, 0.5) is 18.9 Å². The van der Waals surface area contributed by atoms with Gasteiger partial charge in [0, 0.05) is 0 Å². The molecule has 1 aromatic rings. The molecule has 1 aromatic carbocycles. The largest absolute Gasteiger partial charge is 0.416 e. The minimum atomic E-state index is -4.57. The first-order valence-corrected chi connectivity index (χ1v) is 8.10. The van der Waals surface area contributed by atoms with E-state index in [1.807, 2.05) is 7.05 Å². The van der Waals surface area contributed by atoms with Gasteiger partial charge >= 0.3 is 6.18 Å². The molecule has 1 N–H and O–H groups in total. The number of hydrogen-bond donors (Lipinski definition) is 1. The predicted molar refractivity (Wildman–Crippen MR) is 85.0 cm³/mol. The predicted octanol–water partition coefficient (Wildman–Crippen LogP) is 0.859. The van der Waals surface area contributed by atoms with Crippen molar-refractivity contribution in [2.24, 2.45) is 0 Å². The highest BCUT2D eigenvalue weighted by Gasteiger charge is 2.43. The molecule has 0 aromatic heterocycles. The summed E-state index contributed by atoms with van der Waals surface area (Å²) in [5.74, 6) is -1.49. The fraction of sp³-hybridized carbons (Fsp3) is 0.375. The number of amides is 2. The lowest BCUT2D eigenvalue weighted by atomic mass is 10.2. The van der Waals surface area contributed by atoms with E-state index in [1.165, 1.54) is 11.0 Å². The average Bonchev–Trinajstić information content (AvgIpc) is 2.78. The third-order valence-electron chi connectivity index (χ3n) is 4.37. The van der Waals surface area contributed by atoms with Crippen LogP contribution in [0.15, 0.2) is 35.0 Å². The molecule has 9 heteroatoms. The van der Waals surface area contributed by atoms with Crippen LogP contribution in [-0.2, 0) is 15.8 Å². The van der Waals surface area contributed by atoms with Gasteiger partial charge in [-0.1, -0.05) is 17.7 Å². The van der Waals surface area contributed by atoms with Crippen LogP contribution in [0.25, 0.3) is 0 Å². The van der Waals surface area contributed by atoms with Crippen molar-refractivity contribution in [3.8, 4) is 0 Å². The zero-order valence-electron chi connectivity index (χ0n) is 13.4. The summed E-state index contributed by atoms with van der Waals surface area (Å²) in [5.41, 5.74) is -1.01. The van der Waals surface area contributed by atoms with Crippen LogP contribution in [0, 0.1) is 0 Å². The number of nitrogens with zero attached hydrogens (tertiary/aromatic N) is 2. The van der Waals surface area contributed by atoms with Crippen molar-refractivity contribution < 1.29 is 27.7 Å². The molecule has 134 valence electrons. The second-order valence-corrected chi connectivity index (χ2v) is 6.48. The minimum absolute atomic E-state index is 0.0663. The number of carbonyl (C=O) groups is 2. The third kappa shape index (κ3) is 3.23. The maximum Gasteiger partial charge on any atom is 0.416 e. The van der Waals surface area contributed by atoms with Gasteiger partial charge in [-0.05, 0) is 18.2 Å². The number of rotatable bonds is 2. The number of anilines is 1. The summed E-state index contributed by atoms with van der Waals surface area (Å²) in [6, 6.07) is 4.10. The summed E-state index contributed by atoms with van der Waals surface area (Å²) in [7, 11) is 2.02. The Morgan fingerprint density at radius 2 is 1.76 bits per heavy atom. The van der Waals surface area contributed by atoms with E-state index in [1.54, 1.807) is 4.90 Å². The number of alkyl halides is 3. The van der Waals surface area contributed by atoms with Crippen molar-refractivity contribution >= 4 is 29.1 Å². The second kappa shape index (κ2) is 6.34. The van der Waals surface area contributed by atoms with E-state index in [-0.39, 0.29) is 16.4 Å². The molecular formula is C16H16ClF3N3O2+. The number of nitrogens with one attached hydrogen (secondary N) is 1. The van der Waals surface area contributed by atoms with Gasteiger partial charge in [0.15, 0.2) is 0 Å². The van der Waals surface area contributed by atoms with Gasteiger partial charge < -0.3 is 9.80 Å². The molecule has 0 aliphatic carbocycles. The van der Waals surface area contributed by atoms with Gasteiger partial charge in [-0.3, -0.25) is 9.59 Å². The standard InChI is InChI=1S/C16H15ClF3N3O2/c1-21-5-7-22(8-6-21)13-12(17)14(24)23(15(13)25)11-4-2-3-10(9-11)16(18,19)20/h2-4,9H,5-8H2,1H3/p+1. The monoisotopic (exact) mass is 374 g/mol. The van der Waals surface area contributed by atoms with Crippen LogP contribution in [0.1, 0.15) is 5.56 Å². The minimum Gasteiger partial charge on any atom is -0.354 e. The molecule has 0 spiro atoms. The Bertz CT molecular complexity index is 755. The van der Waals surface area contributed by atoms with Crippen LogP contribution in [-0.4, -0.2) is 49.9 Å². The molecule has 2 heterocycles. The number of hydrogen-bond acceptors (Lipinski definition) is 3. The molecule has 0 bridgehead atoms. The summed E-state index contributed by atoms with van der Waals surface area (Å²) in [5, 5.41) is -0.248. The number of imide groups is 1. The summed E-state index contributed by atoms with van der Waals surface area (Å²) in [4.78, 5) is 28.8. The second-order valence-electron chi connectivity index (χ2n) is 6.10. The Balaban J connectivity index is 1.91. The van der Waals surface area contributed by atoms with Crippen molar-refractivity contribution in [2.45, 2.75) is 6.18 Å². The van der Waals surface area contributed by atoms with Crippen molar-refractivity contribution in [1.82, 2.24) is 4.90 Å². The van der Waals surface area contributed by atoms with Gasteiger partial charge in [-0.15, -0.1) is 0 Å². The third-order valence-corrected chi connectivity index (χ3v) is 4.71. The maximum atomic E-state index is 12.9. The highest BCUT2D eigenvalue weighted by molar-refractivity contribution is 6.52. The molecule has 0 radical (unpaired) electrons. The SMILES string of the molecule is C[NH+]1CCN(C2=C(Cl)C(=O)N(c3cccc(C(F)(F)F)c3)C2=O)CC1. The van der Waals surface area contributed by atoms with Crippen LogP contribution >= 0.6 is 11.6 Å². The van der Waals surface area contributed by atoms with E-state index >= 15 is 0 Å². The Morgan fingerprint density at radius 1 is 1.12 bits per heavy atom. The van der Waals surface area contributed by atoms with Crippen LogP contribution in [0.3, 0.4) is 0 Å². The lowest BCUT2D eigenvalue weighted by Crippen LogP contribution is -3.11. The Labute approximate surface area is 147 Å². The Morgan fingerprint density at radius 3 is 2.36 bits per heavy atom. The van der Waals surface area contributed by atoms with Crippen molar-refractivity contribution in [3.05, 3.63) is 40.6 Å². The molecule has 1 saturated heterocycles. The van der Waals surface area contributed by atoms with Crippen molar-refractivity contribution in [2.75, 3.05) is 38.1 Å². The molecule has 0 atom stereocenters. The lowest BCUT2D eigenvalue weighted by molar-refractivity contribution is -0.883. The highest BCUT2D eigenvalue weighted by atomic mass is 35.5. The Kier molecular flexibility index (Phi) is 4.51. The molecule has 2 amide bonds. The first-order chi connectivity index (χ1) is 11.7. The molecule has 0 unspecified atom stereocenters. The van der Waals surface area contributed by atoms with Crippen LogP contribution in [0.2, 0.25) is 0 Å². The lowest BCUT2D eigenvalue weighted by Gasteiger charge is -2.31. The number of carbonyl (C=O) groups excluding carboxylic acids is 2. The molecular weight excluding hydrogens is 359 g/mol. The number of halogens is 4. The number of benzene rings is 1. The molecule has 1 fully saturated rings. The van der Waals surface area contributed by atoms with Crippen molar-refractivity contribution in [3.63, 3.8) is 0 Å². The molecule has 5 nitrogen and oxygen atoms in total. The van der Waals surface area contributed by atoms with Gasteiger partial charge in [0.05, 0.1) is 44.5 Å². The number of likely N-dealkylation sites (N-methyl/N-ethyl adjacent to an activating group) is 1. The normalized spacial score (nSPS) is 20.0. The van der Waals surface area contributed by atoms with Gasteiger partial charge in [-0.25, -0.2) is 4.90 Å². The van der Waals surface area contributed by atoms with E-state index < -0.39 is 23.6 Å². The fourth-order valence-electron chi connectivity index (χ4n) is 2.93. The molecule has 25 heavy (non-hydrogen) atoms. The molecule has 2 aliphatic heterocycles. The first kappa shape index (κ1) is 17.8. The quantitative estimate of drug-likeness (QED) is 0.781. The first-order valence-electron chi connectivity index (χ1n) is 7.72. The maximum absolute atomic E-state index is 12.9. The molecule has 0 saturated carbocycles. The zero-order chi connectivity index (χ0) is 18.4. The highest BCUT2D eigenvalue weighted by Crippen LogP contribution is 2.35. The summed E-state index contributed by atoms with van der Waals surface area (Å²) < 4.78 is 38.7. The zero-order valence-corrected chi connectivity index (χ0v) is 14.1. The summed E-state index contributed by atoms with van der Waals surface area (Å²) in [6.45, 7) is 2.65. The van der Waals surface area contributed by atoms with E-state index in [2.05, 4.69) is 0 Å². The molecule has 3 rings (SSSR count). The van der Waals surface area contributed by atoms with E-state index in [0.29, 0.717) is 18.0 Å². The van der Waals surface area contributed by atoms with Gasteiger partial charge in [-0.2, -0.15) is 13.2 Å². The topological polar surface area (TPSA) is 45.1 Å². The number of piperazine rings is 1. The average molecular weight is 375 g/mol. The summed E-state index contributed by atoms with van der Waals surface area (Å²) >= 11 is 6.06. The van der Waals surface area contributed by atoms with Gasteiger partial charge in [0.25, 0.3) is 11.8 Å². The van der Waals surface area contributed by atoms with Crippen molar-refractivity contribution in [1.29, 1.82) is 0 Å². The Hall–Kier alpha value is -2.06. The van der Waals surface area contributed by atoms with Gasteiger partial charge in [0.1, 0.15) is 10.7 Å². The van der Waals surface area contributed by atoms with Crippen LogP contribution in [0.5, 0.6) is 0 Å². The fourth-order valence-corrected chi connectivity index (χ4v) is 3.22. The van der Waals surface area contributed by atoms with E-state index in [9.17, 15) is 22.8 Å². The smallest absolute Gasteiger partial charge is 0.354 e. The van der Waals surface area contributed by atoms with Gasteiger partial charge in [0.2, 0.25) is 0 Å². The van der Waals surface area contributed by atoms with Crippen LogP contribution < -0.4 is 9.80 Å². The number of quaternary nitrogens is 1. The molecule has 2 aliphatic rings. The van der Waals surface area contributed by atoms with E-state index in [0.717, 1.165) is 31.3 Å².